The van der Waals surface area contributed by atoms with Crippen LogP contribution in [0.25, 0.3) is 121 Å². The highest BCUT2D eigenvalue weighted by atomic mass is 16.3. The Hall–Kier alpha value is -8.14. The normalized spacial score (nSPS) is 11.6. The maximum atomic E-state index is 7.62. The number of fused-ring (bicyclic) bond motifs is 6. The third-order valence-corrected chi connectivity index (χ3v) is 12.1. The van der Waals surface area contributed by atoms with Crippen molar-refractivity contribution in [3.05, 3.63) is 219 Å². The van der Waals surface area contributed by atoms with E-state index in [1.165, 1.54) is 21.9 Å². The van der Waals surface area contributed by atoms with E-state index in [2.05, 4.69) is 206 Å². The summed E-state index contributed by atoms with van der Waals surface area (Å²) in [4.78, 5) is 10.0. The number of hydrogen-bond acceptors (Lipinski definition) is 3. The molecule has 0 fully saturated rings. The highest BCUT2D eigenvalue weighted by Gasteiger charge is 2.29. The molecule has 284 valence electrons. The molecule has 3 nitrogen and oxygen atoms in total. The summed E-state index contributed by atoms with van der Waals surface area (Å²) in [7, 11) is 0. The second-order valence-electron chi connectivity index (χ2n) is 15.6. The molecule has 3 aromatic heterocycles. The fourth-order valence-electron chi connectivity index (χ4n) is 9.44. The highest BCUT2D eigenvalue weighted by Crippen LogP contribution is 2.53. The number of aromatic nitrogens is 2. The van der Waals surface area contributed by atoms with Crippen LogP contribution >= 0.6 is 0 Å². The first-order valence-corrected chi connectivity index (χ1v) is 20.7. The largest absolute Gasteiger partial charge is 0.455 e. The topological polar surface area (TPSA) is 38.9 Å². The van der Waals surface area contributed by atoms with Crippen molar-refractivity contribution in [2.75, 3.05) is 0 Å². The van der Waals surface area contributed by atoms with Gasteiger partial charge >= 0.3 is 0 Å². The third kappa shape index (κ3) is 5.66. The molecule has 0 spiro atoms. The molecule has 12 aromatic rings. The van der Waals surface area contributed by atoms with Crippen molar-refractivity contribution < 1.29 is 4.42 Å². The molecule has 0 saturated heterocycles. The van der Waals surface area contributed by atoms with E-state index >= 15 is 0 Å². The quantitative estimate of drug-likeness (QED) is 0.125. The Labute approximate surface area is 352 Å². The lowest BCUT2D eigenvalue weighted by Gasteiger charge is -2.17. The molecule has 61 heavy (non-hydrogen) atoms. The first-order valence-electron chi connectivity index (χ1n) is 20.7. The molecule has 0 aliphatic carbocycles. The zero-order valence-electron chi connectivity index (χ0n) is 33.1. The molecule has 0 bridgehead atoms. The van der Waals surface area contributed by atoms with E-state index in [4.69, 9.17) is 14.4 Å². The monoisotopic (exact) mass is 776 g/mol. The Morgan fingerprint density at radius 1 is 0.295 bits per heavy atom. The summed E-state index contributed by atoms with van der Waals surface area (Å²) in [5, 5.41) is 8.97. The summed E-state index contributed by atoms with van der Waals surface area (Å²) in [5.41, 5.74) is 12.6. The molecule has 0 amide bonds. The number of rotatable bonds is 6. The summed E-state index contributed by atoms with van der Waals surface area (Å²) in [6.07, 6.45) is 1.84. The fourth-order valence-corrected chi connectivity index (χ4v) is 9.44. The summed E-state index contributed by atoms with van der Waals surface area (Å²) < 4.78 is 7.62. The smallest absolute Gasteiger partial charge is 0.144 e. The van der Waals surface area contributed by atoms with Crippen LogP contribution in [-0.2, 0) is 0 Å². The molecule has 9 aromatic carbocycles. The first-order chi connectivity index (χ1) is 30.3. The fraction of sp³-hybridized carbons (Fsp3) is 0. The minimum atomic E-state index is 0.824. The maximum absolute atomic E-state index is 7.62. The van der Waals surface area contributed by atoms with Crippen molar-refractivity contribution in [2.45, 2.75) is 0 Å². The van der Waals surface area contributed by atoms with E-state index in [9.17, 15) is 0 Å². The number of nitrogens with zero attached hydrogens (tertiary/aromatic N) is 2. The molecular formula is C58H36N2O. The molecule has 0 aliphatic heterocycles. The standard InChI is InChI=1S/C58H36N2O/c1-4-17-37(18-5-1)51-45-26-12-14-28-47(45)54(48-29-15-13-27-46(48)51)58-53(39-21-8-3-9-22-39)52(38-19-6-2-7-20-38)57(61-58)49-34-33-44(42-24-10-11-25-43(42)49)50-35-32-41-31-30-40-23-16-36-59-55(40)56(41)60-50/h1-36H. The van der Waals surface area contributed by atoms with Gasteiger partial charge in [0.05, 0.1) is 16.7 Å². The van der Waals surface area contributed by atoms with E-state index in [1.807, 2.05) is 12.3 Å². The zero-order valence-corrected chi connectivity index (χ0v) is 33.1. The minimum Gasteiger partial charge on any atom is -0.455 e. The zero-order chi connectivity index (χ0) is 40.3. The van der Waals surface area contributed by atoms with Crippen molar-refractivity contribution in [1.82, 2.24) is 9.97 Å². The van der Waals surface area contributed by atoms with Gasteiger partial charge in [-0.15, -0.1) is 0 Å². The van der Waals surface area contributed by atoms with Crippen LogP contribution in [-0.4, -0.2) is 9.97 Å². The summed E-state index contributed by atoms with van der Waals surface area (Å²) in [6.45, 7) is 0. The highest BCUT2D eigenvalue weighted by molar-refractivity contribution is 6.23. The number of benzene rings is 9. The van der Waals surface area contributed by atoms with Crippen LogP contribution in [0, 0.1) is 0 Å². The number of furan rings is 1. The van der Waals surface area contributed by atoms with Crippen molar-refractivity contribution in [3.8, 4) is 67.3 Å². The molecule has 0 N–H and O–H groups in total. The van der Waals surface area contributed by atoms with Gasteiger partial charge < -0.3 is 4.42 Å². The summed E-state index contributed by atoms with van der Waals surface area (Å²) >= 11 is 0. The van der Waals surface area contributed by atoms with Gasteiger partial charge in [-0.25, -0.2) is 4.98 Å². The lowest BCUT2D eigenvalue weighted by atomic mass is 9.85. The molecule has 0 atom stereocenters. The molecule has 0 unspecified atom stereocenters. The lowest BCUT2D eigenvalue weighted by Crippen LogP contribution is -1.91. The number of hydrogen-bond donors (Lipinski definition) is 0. The van der Waals surface area contributed by atoms with Gasteiger partial charge in [0.15, 0.2) is 0 Å². The van der Waals surface area contributed by atoms with Crippen LogP contribution in [0.5, 0.6) is 0 Å². The van der Waals surface area contributed by atoms with Gasteiger partial charge in [-0.05, 0) is 72.8 Å². The van der Waals surface area contributed by atoms with Crippen molar-refractivity contribution in [3.63, 3.8) is 0 Å². The van der Waals surface area contributed by atoms with Crippen molar-refractivity contribution in [2.24, 2.45) is 0 Å². The minimum absolute atomic E-state index is 0.824. The first kappa shape index (κ1) is 34.9. The van der Waals surface area contributed by atoms with Gasteiger partial charge in [0.2, 0.25) is 0 Å². The van der Waals surface area contributed by atoms with E-state index in [-0.39, 0.29) is 0 Å². The molecule has 12 rings (SSSR count). The van der Waals surface area contributed by atoms with Crippen molar-refractivity contribution in [1.29, 1.82) is 0 Å². The molecule has 0 saturated carbocycles. The van der Waals surface area contributed by atoms with Gasteiger partial charge in [0.25, 0.3) is 0 Å². The Morgan fingerprint density at radius 2 is 0.738 bits per heavy atom. The Kier molecular flexibility index (Phi) is 8.17. The molecule has 3 heteroatoms. The van der Waals surface area contributed by atoms with Gasteiger partial charge in [0, 0.05) is 44.8 Å². The maximum Gasteiger partial charge on any atom is 0.144 e. The molecule has 0 aliphatic rings. The van der Waals surface area contributed by atoms with Crippen LogP contribution in [0.1, 0.15) is 0 Å². The van der Waals surface area contributed by atoms with Crippen LogP contribution in [0.15, 0.2) is 223 Å². The van der Waals surface area contributed by atoms with Gasteiger partial charge in [0.1, 0.15) is 11.5 Å². The van der Waals surface area contributed by atoms with E-state index in [0.717, 1.165) is 99.5 Å². The van der Waals surface area contributed by atoms with E-state index in [1.54, 1.807) is 0 Å². The summed E-state index contributed by atoms with van der Waals surface area (Å²) in [5.74, 6) is 1.67. The predicted molar refractivity (Wildman–Crippen MR) is 254 cm³/mol. The Balaban J connectivity index is 1.18. The summed E-state index contributed by atoms with van der Waals surface area (Å²) in [6, 6.07) is 75.5. The molecule has 3 heterocycles. The lowest BCUT2D eigenvalue weighted by molar-refractivity contribution is 0.600. The average molecular weight is 777 g/mol. The van der Waals surface area contributed by atoms with Crippen LogP contribution < -0.4 is 0 Å². The Bertz CT molecular complexity index is 3570. The predicted octanol–water partition coefficient (Wildman–Crippen LogP) is 15.8. The molecular weight excluding hydrogens is 741 g/mol. The molecule has 0 radical (unpaired) electrons. The van der Waals surface area contributed by atoms with Gasteiger partial charge in [-0.3, -0.25) is 4.98 Å². The average Bonchev–Trinajstić information content (AvgIpc) is 3.73. The van der Waals surface area contributed by atoms with Gasteiger partial charge in [-0.1, -0.05) is 194 Å². The van der Waals surface area contributed by atoms with Crippen LogP contribution in [0.4, 0.5) is 0 Å². The van der Waals surface area contributed by atoms with Crippen LogP contribution in [0.3, 0.4) is 0 Å². The van der Waals surface area contributed by atoms with E-state index in [0.29, 0.717) is 0 Å². The van der Waals surface area contributed by atoms with Crippen LogP contribution in [0.2, 0.25) is 0 Å². The second kappa shape index (κ2) is 14.3. The Morgan fingerprint density at radius 3 is 1.33 bits per heavy atom. The van der Waals surface area contributed by atoms with E-state index < -0.39 is 0 Å². The van der Waals surface area contributed by atoms with Gasteiger partial charge in [-0.2, -0.15) is 0 Å². The third-order valence-electron chi connectivity index (χ3n) is 12.1. The SMILES string of the molecule is c1ccc(-c2c(-c3ccc(-c4ccc5ccc6cccnc6c5n4)c4ccccc34)oc(-c3c4ccccc4c(-c4ccccc4)c4ccccc34)c2-c2ccccc2)cc1. The number of pyridine rings is 2. The van der Waals surface area contributed by atoms with Crippen molar-refractivity contribution >= 4 is 54.1 Å². The second-order valence-corrected chi connectivity index (χ2v) is 15.6.